The van der Waals surface area contributed by atoms with Crippen molar-refractivity contribution < 1.29 is 37.0 Å². The van der Waals surface area contributed by atoms with Crippen molar-refractivity contribution in [3.05, 3.63) is 97.8 Å². The van der Waals surface area contributed by atoms with Crippen molar-refractivity contribution in [3.8, 4) is 17.2 Å². The number of halogens is 3. The topological polar surface area (TPSA) is 111 Å². The highest BCUT2D eigenvalue weighted by atomic mass is 19.4. The van der Waals surface area contributed by atoms with Crippen molar-refractivity contribution in [2.45, 2.75) is 44.9 Å². The summed E-state index contributed by atoms with van der Waals surface area (Å²) in [5.41, 5.74) is -0.380. The zero-order chi connectivity index (χ0) is 31.2. The fraction of sp³-hybridized carbons (Fsp3) is 0.344. The van der Waals surface area contributed by atoms with Gasteiger partial charge in [-0.1, -0.05) is 13.0 Å². The Morgan fingerprint density at radius 1 is 1.05 bits per heavy atom. The largest absolute Gasteiger partial charge is 0.507 e. The van der Waals surface area contributed by atoms with Crippen molar-refractivity contribution in [3.63, 3.8) is 0 Å². The number of benzene rings is 2. The molecule has 2 bridgehead atoms. The van der Waals surface area contributed by atoms with E-state index in [1.807, 2.05) is 17.9 Å². The van der Waals surface area contributed by atoms with E-state index < -0.39 is 29.1 Å². The molecule has 4 aromatic rings. The number of hydrogen-bond acceptors (Lipinski definition) is 8. The van der Waals surface area contributed by atoms with Gasteiger partial charge in [0.1, 0.15) is 17.1 Å². The van der Waals surface area contributed by atoms with Gasteiger partial charge in [-0.2, -0.15) is 13.2 Å². The summed E-state index contributed by atoms with van der Waals surface area (Å²) in [6.45, 7) is 3.67. The highest BCUT2D eigenvalue weighted by molar-refractivity contribution is 5.89. The van der Waals surface area contributed by atoms with Crippen molar-refractivity contribution in [1.29, 1.82) is 0 Å². The van der Waals surface area contributed by atoms with Crippen LogP contribution < -0.4 is 15.7 Å². The number of esters is 1. The van der Waals surface area contributed by atoms with Crippen LogP contribution in [0.5, 0.6) is 17.2 Å². The van der Waals surface area contributed by atoms with E-state index in [1.165, 1.54) is 42.5 Å². The van der Waals surface area contributed by atoms with Crippen LogP contribution in [-0.2, 0) is 24.0 Å². The Morgan fingerprint density at radius 2 is 1.82 bits per heavy atom. The smallest absolute Gasteiger partial charge is 0.453 e. The highest BCUT2D eigenvalue weighted by Crippen LogP contribution is 2.41. The molecule has 6 rings (SSSR count). The number of fused-ring (bicyclic) bond motifs is 5. The minimum Gasteiger partial charge on any atom is -0.507 e. The van der Waals surface area contributed by atoms with E-state index >= 15 is 0 Å². The number of hydrogen-bond donors (Lipinski definition) is 1. The lowest BCUT2D eigenvalue weighted by molar-refractivity contribution is -0.154. The van der Waals surface area contributed by atoms with Crippen LogP contribution in [0.25, 0.3) is 11.0 Å². The van der Waals surface area contributed by atoms with Crippen LogP contribution in [-0.4, -0.2) is 40.2 Å². The Labute approximate surface area is 249 Å². The molecule has 2 aromatic heterocycles. The van der Waals surface area contributed by atoms with E-state index in [0.29, 0.717) is 26.1 Å². The molecule has 2 aliphatic heterocycles. The number of rotatable bonds is 7. The molecule has 0 saturated carbocycles. The van der Waals surface area contributed by atoms with Crippen molar-refractivity contribution in [2.24, 2.45) is 5.92 Å². The maximum absolute atomic E-state index is 14.3. The van der Waals surface area contributed by atoms with Gasteiger partial charge >= 0.3 is 12.1 Å². The summed E-state index contributed by atoms with van der Waals surface area (Å²) in [4.78, 5) is 39.9. The lowest BCUT2D eigenvalue weighted by Crippen LogP contribution is -2.46. The number of phenols is 1. The fourth-order valence-corrected chi connectivity index (χ4v) is 6.12. The molecule has 0 unspecified atom stereocenters. The second-order valence-electron chi connectivity index (χ2n) is 11.2. The third-order valence-corrected chi connectivity index (χ3v) is 8.04. The first-order valence-corrected chi connectivity index (χ1v) is 14.3. The number of aromatic hydroxyl groups is 1. The van der Waals surface area contributed by atoms with Gasteiger partial charge in [0.15, 0.2) is 0 Å². The third-order valence-electron chi connectivity index (χ3n) is 8.04. The van der Waals surface area contributed by atoms with Gasteiger partial charge in [-0.25, -0.2) is 4.79 Å². The third kappa shape index (κ3) is 5.57. The zero-order valence-corrected chi connectivity index (χ0v) is 23.7. The number of phenolic OH excluding ortho intramolecular Hbond substituents is 1. The summed E-state index contributed by atoms with van der Waals surface area (Å²) in [7, 11) is 0. The molecule has 1 saturated heterocycles. The molecular weight excluding hydrogens is 581 g/mol. The number of aromatic nitrogens is 1. The van der Waals surface area contributed by atoms with Gasteiger partial charge in [-0.05, 0) is 61.2 Å². The summed E-state index contributed by atoms with van der Waals surface area (Å²) in [6, 6.07) is 12.8. The Balaban J connectivity index is 1.34. The minimum atomic E-state index is -5.10. The summed E-state index contributed by atoms with van der Waals surface area (Å²) in [5, 5.41) is 10.6. The predicted octanol–water partition coefficient (Wildman–Crippen LogP) is 5.66. The molecule has 230 valence electrons. The lowest BCUT2D eigenvalue weighted by Gasteiger charge is -2.42. The second kappa shape index (κ2) is 11.5. The van der Waals surface area contributed by atoms with E-state index in [4.69, 9.17) is 13.9 Å². The molecule has 1 fully saturated rings. The van der Waals surface area contributed by atoms with Crippen LogP contribution in [0.4, 0.5) is 13.2 Å². The monoisotopic (exact) mass is 610 g/mol. The quantitative estimate of drug-likeness (QED) is 0.267. The Hall–Kier alpha value is -4.58. The molecule has 0 amide bonds. The minimum absolute atomic E-state index is 0.0310. The van der Waals surface area contributed by atoms with Gasteiger partial charge < -0.3 is 23.6 Å². The van der Waals surface area contributed by atoms with Gasteiger partial charge in [0, 0.05) is 43.9 Å². The van der Waals surface area contributed by atoms with Crippen LogP contribution in [0.3, 0.4) is 0 Å². The summed E-state index contributed by atoms with van der Waals surface area (Å²) in [5.74, 6) is -3.55. The molecule has 0 aliphatic carbocycles. The van der Waals surface area contributed by atoms with E-state index in [-0.39, 0.29) is 64.1 Å². The number of alkyl halides is 3. The van der Waals surface area contributed by atoms with Crippen LogP contribution in [0.2, 0.25) is 0 Å². The average molecular weight is 611 g/mol. The van der Waals surface area contributed by atoms with Gasteiger partial charge in [0.25, 0.3) is 11.3 Å². The Kier molecular flexibility index (Phi) is 7.70. The van der Waals surface area contributed by atoms with E-state index in [1.54, 1.807) is 10.6 Å². The zero-order valence-electron chi connectivity index (χ0n) is 23.7. The van der Waals surface area contributed by atoms with Crippen LogP contribution in [0.15, 0.2) is 68.6 Å². The predicted molar refractivity (Wildman–Crippen MR) is 153 cm³/mol. The molecule has 2 atom stereocenters. The number of pyridine rings is 1. The van der Waals surface area contributed by atoms with Gasteiger partial charge in [0.2, 0.25) is 11.2 Å². The maximum atomic E-state index is 14.3. The van der Waals surface area contributed by atoms with Crippen LogP contribution in [0.1, 0.15) is 53.1 Å². The summed E-state index contributed by atoms with van der Waals surface area (Å²) < 4.78 is 60.5. The molecule has 0 radical (unpaired) electrons. The molecule has 44 heavy (non-hydrogen) atoms. The molecule has 2 aromatic carbocycles. The standard InChI is InChI=1S/C32H29F3N2O7/c1-2-12-42-31(41)19-6-8-21(9-7-19)43-29-27(40)22-10-11-25(38)23(28(22)44-30(29)32(33,34)35)17-36-14-18-13-20(16-36)24-4-3-5-26(39)37(24)15-18/h3-11,18,20,38H,2,12-17H2,1H3/t18-,20+/m1/s1. The van der Waals surface area contributed by atoms with Crippen LogP contribution in [0, 0.1) is 5.92 Å². The molecule has 0 spiro atoms. The van der Waals surface area contributed by atoms with Gasteiger partial charge in [-0.3, -0.25) is 14.5 Å². The van der Waals surface area contributed by atoms with E-state index in [0.717, 1.165) is 12.1 Å². The molecule has 1 N–H and O–H groups in total. The van der Waals surface area contributed by atoms with Gasteiger partial charge in [0.05, 0.1) is 23.1 Å². The normalized spacial score (nSPS) is 18.2. The maximum Gasteiger partial charge on any atom is 0.453 e. The summed E-state index contributed by atoms with van der Waals surface area (Å²) in [6.07, 6.45) is -3.61. The number of carbonyl (C=O) groups is 1. The first-order chi connectivity index (χ1) is 21.0. The molecule has 9 nitrogen and oxygen atoms in total. The number of likely N-dealkylation sites (tertiary alicyclic amines) is 1. The highest BCUT2D eigenvalue weighted by Gasteiger charge is 2.41. The van der Waals surface area contributed by atoms with Gasteiger partial charge in [-0.15, -0.1) is 0 Å². The molecule has 2 aliphatic rings. The van der Waals surface area contributed by atoms with E-state index in [2.05, 4.69) is 0 Å². The average Bonchev–Trinajstić information content (AvgIpc) is 2.99. The number of piperidine rings is 1. The van der Waals surface area contributed by atoms with Crippen molar-refractivity contribution in [1.82, 2.24) is 9.47 Å². The van der Waals surface area contributed by atoms with E-state index in [9.17, 15) is 32.7 Å². The first kappa shape index (κ1) is 29.5. The van der Waals surface area contributed by atoms with Crippen LogP contribution >= 0.6 is 0 Å². The van der Waals surface area contributed by atoms with Crippen molar-refractivity contribution in [2.75, 3.05) is 19.7 Å². The molecular formula is C32H29F3N2O7. The number of ether oxygens (including phenoxy) is 2. The SMILES string of the molecule is CCCOC(=O)c1ccc(Oc2c(C(F)(F)F)oc3c(CN4C[C@H]5C[C@@H](C4)c4cccc(=O)n4C5)c(O)ccc3c2=O)cc1. The Bertz CT molecular complexity index is 1850. The second-order valence-corrected chi connectivity index (χ2v) is 11.2. The van der Waals surface area contributed by atoms with Crippen molar-refractivity contribution >= 4 is 16.9 Å². The Morgan fingerprint density at radius 3 is 2.55 bits per heavy atom. The number of carbonyl (C=O) groups excluding carboxylic acids is 1. The summed E-state index contributed by atoms with van der Waals surface area (Å²) >= 11 is 0. The first-order valence-electron chi connectivity index (χ1n) is 14.3. The molecule has 4 heterocycles. The fourth-order valence-electron chi connectivity index (χ4n) is 6.12. The molecule has 12 heteroatoms. The number of nitrogens with zero attached hydrogens (tertiary/aromatic N) is 2. The lowest BCUT2D eigenvalue weighted by atomic mass is 9.83.